The number of benzene rings is 2. The van der Waals surface area contributed by atoms with Crippen molar-refractivity contribution < 1.29 is 9.53 Å². The summed E-state index contributed by atoms with van der Waals surface area (Å²) in [5, 5.41) is 4.08. The minimum absolute atomic E-state index is 0.118. The molecule has 7 heteroatoms. The van der Waals surface area contributed by atoms with E-state index < -0.39 is 0 Å². The highest BCUT2D eigenvalue weighted by Crippen LogP contribution is 2.43. The third-order valence-corrected chi connectivity index (χ3v) is 6.20. The van der Waals surface area contributed by atoms with Crippen LogP contribution < -0.4 is 15.8 Å². The summed E-state index contributed by atoms with van der Waals surface area (Å²) in [6, 6.07) is 11.5. The number of ether oxygens (including phenoxy) is 1. The Kier molecular flexibility index (Phi) is 6.02. The topological polar surface area (TPSA) is 67.6 Å². The zero-order valence-electron chi connectivity index (χ0n) is 16.3. The molecule has 154 valence electrons. The summed E-state index contributed by atoms with van der Waals surface area (Å²) in [5.74, 6) is 0.573. The number of nitrogens with two attached hydrogens (primary N) is 1. The van der Waals surface area contributed by atoms with Gasteiger partial charge in [0.2, 0.25) is 5.91 Å². The summed E-state index contributed by atoms with van der Waals surface area (Å²) in [5.41, 5.74) is 9.06. The number of anilines is 1. The molecule has 2 aromatic rings. The van der Waals surface area contributed by atoms with Crippen LogP contribution in [-0.4, -0.2) is 36.0 Å². The van der Waals surface area contributed by atoms with E-state index in [0.29, 0.717) is 21.5 Å². The van der Waals surface area contributed by atoms with E-state index in [1.807, 2.05) is 30.3 Å². The number of piperidine rings is 1. The van der Waals surface area contributed by atoms with Crippen molar-refractivity contribution in [2.24, 2.45) is 5.73 Å². The molecule has 1 unspecified atom stereocenters. The van der Waals surface area contributed by atoms with Crippen molar-refractivity contribution in [2.45, 2.75) is 44.4 Å². The Bertz CT molecular complexity index is 921. The molecule has 0 aromatic heterocycles. The summed E-state index contributed by atoms with van der Waals surface area (Å²) in [7, 11) is 0. The standard InChI is InChI=1S/C22H25Cl2N3O2/c1-13(28)26-16-5-2-6-17(10-16)29-22-19-8-14(23)9-20(24)18(19)11-21(22)27-7-3-4-15(25)12-27/h2,5-6,8-10,15,21-22H,3-4,7,11-12,25H2,1H3,(H,26,28)/t15?,21-,22-/m0/s1. The number of rotatable bonds is 4. The van der Waals surface area contributed by atoms with Gasteiger partial charge in [0.15, 0.2) is 0 Å². The van der Waals surface area contributed by atoms with E-state index in [9.17, 15) is 4.79 Å². The Morgan fingerprint density at radius 2 is 2.10 bits per heavy atom. The van der Waals surface area contributed by atoms with Gasteiger partial charge in [0.1, 0.15) is 11.9 Å². The third-order valence-electron chi connectivity index (χ3n) is 5.64. The molecule has 1 amide bonds. The number of nitrogens with one attached hydrogen (secondary N) is 1. The highest BCUT2D eigenvalue weighted by molar-refractivity contribution is 6.35. The predicted molar refractivity (Wildman–Crippen MR) is 117 cm³/mol. The van der Waals surface area contributed by atoms with Crippen molar-refractivity contribution in [3.05, 3.63) is 57.6 Å². The monoisotopic (exact) mass is 433 g/mol. The Morgan fingerprint density at radius 1 is 1.28 bits per heavy atom. The van der Waals surface area contributed by atoms with Crippen LogP contribution in [0.2, 0.25) is 10.0 Å². The van der Waals surface area contributed by atoms with Gasteiger partial charge in [-0.2, -0.15) is 0 Å². The molecule has 5 nitrogen and oxygen atoms in total. The number of fused-ring (bicyclic) bond motifs is 1. The zero-order chi connectivity index (χ0) is 20.5. The van der Waals surface area contributed by atoms with Gasteiger partial charge < -0.3 is 15.8 Å². The number of halogens is 2. The second-order valence-electron chi connectivity index (χ2n) is 7.87. The first-order valence-electron chi connectivity index (χ1n) is 9.92. The van der Waals surface area contributed by atoms with Crippen LogP contribution in [0.15, 0.2) is 36.4 Å². The molecule has 0 radical (unpaired) electrons. The Morgan fingerprint density at radius 3 is 2.86 bits per heavy atom. The first kappa shape index (κ1) is 20.5. The SMILES string of the molecule is CC(=O)Nc1cccc(O[C@H]2c3cc(Cl)cc(Cl)c3C[C@@H]2N2CCCC(N)C2)c1. The van der Waals surface area contributed by atoms with E-state index in [4.69, 9.17) is 33.7 Å². The molecule has 2 aliphatic rings. The number of carbonyl (C=O) groups excluding carboxylic acids is 1. The van der Waals surface area contributed by atoms with Gasteiger partial charge in [0.25, 0.3) is 0 Å². The molecule has 1 saturated heterocycles. The van der Waals surface area contributed by atoms with Gasteiger partial charge in [0, 0.05) is 46.9 Å². The van der Waals surface area contributed by atoms with Gasteiger partial charge in [-0.15, -0.1) is 0 Å². The van der Waals surface area contributed by atoms with E-state index in [2.05, 4.69) is 10.2 Å². The average molecular weight is 434 g/mol. The zero-order valence-corrected chi connectivity index (χ0v) is 17.8. The highest BCUT2D eigenvalue weighted by atomic mass is 35.5. The van der Waals surface area contributed by atoms with Crippen molar-refractivity contribution in [2.75, 3.05) is 18.4 Å². The molecular formula is C22H25Cl2N3O2. The lowest BCUT2D eigenvalue weighted by molar-refractivity contribution is -0.114. The molecule has 4 rings (SSSR count). The summed E-state index contributed by atoms with van der Waals surface area (Å²) >= 11 is 12.8. The number of carbonyl (C=O) groups is 1. The number of amides is 1. The lowest BCUT2D eigenvalue weighted by atomic mass is 10.0. The normalized spacial score (nSPS) is 24.2. The Hall–Kier alpha value is -1.79. The fraction of sp³-hybridized carbons (Fsp3) is 0.409. The quantitative estimate of drug-likeness (QED) is 0.748. The minimum atomic E-state index is -0.209. The summed E-state index contributed by atoms with van der Waals surface area (Å²) in [4.78, 5) is 13.8. The molecule has 0 spiro atoms. The molecule has 2 aromatic carbocycles. The smallest absolute Gasteiger partial charge is 0.221 e. The molecule has 3 atom stereocenters. The fourth-order valence-electron chi connectivity index (χ4n) is 4.42. The molecule has 3 N–H and O–H groups in total. The summed E-state index contributed by atoms with van der Waals surface area (Å²) in [6.07, 6.45) is 2.72. The van der Waals surface area contributed by atoms with Crippen LogP contribution in [-0.2, 0) is 11.2 Å². The van der Waals surface area contributed by atoms with Crippen molar-refractivity contribution in [1.29, 1.82) is 0 Å². The number of hydrogen-bond acceptors (Lipinski definition) is 4. The maximum Gasteiger partial charge on any atom is 0.221 e. The second kappa shape index (κ2) is 8.52. The van der Waals surface area contributed by atoms with E-state index in [-0.39, 0.29) is 24.1 Å². The number of likely N-dealkylation sites (tertiary alicyclic amines) is 1. The maximum atomic E-state index is 11.4. The number of hydrogen-bond donors (Lipinski definition) is 2. The predicted octanol–water partition coefficient (Wildman–Crippen LogP) is 4.42. The van der Waals surface area contributed by atoms with E-state index in [1.54, 1.807) is 6.07 Å². The third kappa shape index (κ3) is 4.53. The molecule has 1 heterocycles. The first-order chi connectivity index (χ1) is 13.9. The number of nitrogens with zero attached hydrogens (tertiary/aromatic N) is 1. The Balaban J connectivity index is 1.66. The fourth-order valence-corrected chi connectivity index (χ4v) is 5.00. The molecule has 1 fully saturated rings. The Labute approximate surface area is 181 Å². The van der Waals surface area contributed by atoms with Gasteiger partial charge in [-0.25, -0.2) is 0 Å². The van der Waals surface area contributed by atoms with E-state index in [0.717, 1.165) is 43.5 Å². The lowest BCUT2D eigenvalue weighted by Gasteiger charge is -2.38. The van der Waals surface area contributed by atoms with Crippen LogP contribution in [0.4, 0.5) is 5.69 Å². The van der Waals surface area contributed by atoms with Crippen molar-refractivity contribution in [3.63, 3.8) is 0 Å². The van der Waals surface area contributed by atoms with E-state index in [1.165, 1.54) is 6.92 Å². The molecule has 1 aliphatic heterocycles. The summed E-state index contributed by atoms with van der Waals surface area (Å²) in [6.45, 7) is 3.32. The van der Waals surface area contributed by atoms with Crippen LogP contribution in [0, 0.1) is 0 Å². The first-order valence-corrected chi connectivity index (χ1v) is 10.7. The molecule has 0 saturated carbocycles. The molecule has 1 aliphatic carbocycles. The molecule has 29 heavy (non-hydrogen) atoms. The van der Waals surface area contributed by atoms with Crippen molar-refractivity contribution >= 4 is 34.8 Å². The minimum Gasteiger partial charge on any atom is -0.484 e. The van der Waals surface area contributed by atoms with Gasteiger partial charge in [0.05, 0.1) is 6.04 Å². The summed E-state index contributed by atoms with van der Waals surface area (Å²) < 4.78 is 6.48. The molecular weight excluding hydrogens is 409 g/mol. The van der Waals surface area contributed by atoms with Crippen LogP contribution in [0.5, 0.6) is 5.75 Å². The van der Waals surface area contributed by atoms with E-state index >= 15 is 0 Å². The van der Waals surface area contributed by atoms with Crippen LogP contribution in [0.25, 0.3) is 0 Å². The lowest BCUT2D eigenvalue weighted by Crippen LogP contribution is -2.49. The van der Waals surface area contributed by atoms with Gasteiger partial charge >= 0.3 is 0 Å². The van der Waals surface area contributed by atoms with Gasteiger partial charge in [-0.3, -0.25) is 9.69 Å². The average Bonchev–Trinajstić information content (AvgIpc) is 3.00. The van der Waals surface area contributed by atoms with Crippen LogP contribution in [0.3, 0.4) is 0 Å². The second-order valence-corrected chi connectivity index (χ2v) is 8.72. The van der Waals surface area contributed by atoms with Crippen LogP contribution >= 0.6 is 23.2 Å². The maximum absolute atomic E-state index is 11.4. The molecule has 0 bridgehead atoms. The van der Waals surface area contributed by atoms with Gasteiger partial charge in [-0.05, 0) is 55.6 Å². The van der Waals surface area contributed by atoms with Crippen molar-refractivity contribution in [1.82, 2.24) is 4.90 Å². The highest BCUT2D eigenvalue weighted by Gasteiger charge is 2.40. The van der Waals surface area contributed by atoms with Crippen molar-refractivity contribution in [3.8, 4) is 5.75 Å². The largest absolute Gasteiger partial charge is 0.484 e. The van der Waals surface area contributed by atoms with Crippen LogP contribution in [0.1, 0.15) is 37.0 Å². The van der Waals surface area contributed by atoms with Gasteiger partial charge in [-0.1, -0.05) is 29.3 Å².